The summed E-state index contributed by atoms with van der Waals surface area (Å²) in [6.45, 7) is 15.1. The number of aryl methyl sites for hydroxylation is 3. The van der Waals surface area contributed by atoms with Crippen molar-refractivity contribution in [2.24, 2.45) is 0 Å². The van der Waals surface area contributed by atoms with Crippen molar-refractivity contribution in [3.05, 3.63) is 34.4 Å². The summed E-state index contributed by atoms with van der Waals surface area (Å²) in [7, 11) is 0. The summed E-state index contributed by atoms with van der Waals surface area (Å²) < 4.78 is 5.38. The van der Waals surface area contributed by atoms with E-state index in [2.05, 4.69) is 50.0 Å². The van der Waals surface area contributed by atoms with Crippen LogP contribution in [-0.2, 0) is 4.74 Å². The summed E-state index contributed by atoms with van der Waals surface area (Å²) in [6.07, 6.45) is 1.20. The van der Waals surface area contributed by atoms with Gasteiger partial charge in [-0.1, -0.05) is 17.7 Å². The first-order valence-corrected chi connectivity index (χ1v) is 8.19. The van der Waals surface area contributed by atoms with Crippen molar-refractivity contribution in [2.45, 2.75) is 40.2 Å². The van der Waals surface area contributed by atoms with Crippen molar-refractivity contribution in [3.8, 4) is 0 Å². The first-order valence-electron chi connectivity index (χ1n) is 8.19. The third kappa shape index (κ3) is 4.80. The maximum absolute atomic E-state index is 5.38. The van der Waals surface area contributed by atoms with Crippen LogP contribution in [0.1, 0.15) is 41.6 Å². The molecule has 1 heterocycles. The summed E-state index contributed by atoms with van der Waals surface area (Å²) in [5, 5.41) is 3.68. The van der Waals surface area contributed by atoms with Crippen LogP contribution in [0.2, 0.25) is 0 Å². The molecule has 1 N–H and O–H groups in total. The van der Waals surface area contributed by atoms with E-state index in [4.69, 9.17) is 4.74 Å². The predicted octanol–water partition coefficient (Wildman–Crippen LogP) is 2.98. The number of benzene rings is 1. The van der Waals surface area contributed by atoms with Crippen molar-refractivity contribution >= 4 is 0 Å². The third-order valence-electron chi connectivity index (χ3n) is 4.38. The van der Waals surface area contributed by atoms with E-state index in [0.29, 0.717) is 6.04 Å². The zero-order chi connectivity index (χ0) is 15.2. The fourth-order valence-electron chi connectivity index (χ4n) is 3.42. The summed E-state index contributed by atoms with van der Waals surface area (Å²) in [4.78, 5) is 2.50. The molecule has 2 rings (SSSR count). The quantitative estimate of drug-likeness (QED) is 0.815. The molecule has 1 atom stereocenters. The predicted molar refractivity (Wildman–Crippen MR) is 88.9 cm³/mol. The Bertz CT molecular complexity index is 430. The zero-order valence-electron chi connectivity index (χ0n) is 14.0. The van der Waals surface area contributed by atoms with Crippen molar-refractivity contribution in [3.63, 3.8) is 0 Å². The van der Waals surface area contributed by atoms with Crippen molar-refractivity contribution < 1.29 is 4.74 Å². The Kier molecular flexibility index (Phi) is 6.22. The maximum atomic E-state index is 5.38. The first kappa shape index (κ1) is 16.5. The van der Waals surface area contributed by atoms with E-state index >= 15 is 0 Å². The highest BCUT2D eigenvalue weighted by molar-refractivity contribution is 5.39. The van der Waals surface area contributed by atoms with Crippen molar-refractivity contribution in [2.75, 3.05) is 39.4 Å². The Morgan fingerprint density at radius 3 is 2.38 bits per heavy atom. The van der Waals surface area contributed by atoms with E-state index in [0.717, 1.165) is 32.8 Å². The standard InChI is InChI=1S/C18H30N2O/c1-14-12-15(2)18(16(3)13-14)17(4)19-6-5-7-20-8-10-21-11-9-20/h12-13,17,19H,5-11H2,1-4H3. The second kappa shape index (κ2) is 7.92. The second-order valence-corrected chi connectivity index (χ2v) is 6.30. The van der Waals surface area contributed by atoms with Gasteiger partial charge in [-0.15, -0.1) is 0 Å². The van der Waals surface area contributed by atoms with Crippen LogP contribution in [0.5, 0.6) is 0 Å². The fourth-order valence-corrected chi connectivity index (χ4v) is 3.42. The molecule has 1 fully saturated rings. The highest BCUT2D eigenvalue weighted by Gasteiger charge is 2.12. The number of hydrogen-bond donors (Lipinski definition) is 1. The Balaban J connectivity index is 1.78. The molecule has 1 unspecified atom stereocenters. The monoisotopic (exact) mass is 290 g/mol. The molecule has 1 aliphatic rings. The molecule has 118 valence electrons. The van der Waals surface area contributed by atoms with E-state index in [1.165, 1.54) is 35.2 Å². The van der Waals surface area contributed by atoms with E-state index in [1.807, 2.05) is 0 Å². The lowest BCUT2D eigenvalue weighted by molar-refractivity contribution is 0.0374. The van der Waals surface area contributed by atoms with Crippen LogP contribution < -0.4 is 5.32 Å². The van der Waals surface area contributed by atoms with Crippen LogP contribution in [0.15, 0.2) is 12.1 Å². The van der Waals surface area contributed by atoms with Crippen LogP contribution >= 0.6 is 0 Å². The summed E-state index contributed by atoms with van der Waals surface area (Å²) in [5.41, 5.74) is 5.63. The van der Waals surface area contributed by atoms with Gasteiger partial charge in [-0.3, -0.25) is 4.90 Å². The van der Waals surface area contributed by atoms with Gasteiger partial charge in [-0.05, 0) is 63.9 Å². The van der Waals surface area contributed by atoms with Gasteiger partial charge in [0.1, 0.15) is 0 Å². The molecular formula is C18H30N2O. The molecule has 1 saturated heterocycles. The Hall–Kier alpha value is -0.900. The van der Waals surface area contributed by atoms with Gasteiger partial charge in [0.25, 0.3) is 0 Å². The molecule has 0 bridgehead atoms. The molecule has 3 heteroatoms. The van der Waals surface area contributed by atoms with Gasteiger partial charge >= 0.3 is 0 Å². The molecule has 0 amide bonds. The minimum Gasteiger partial charge on any atom is -0.379 e. The van der Waals surface area contributed by atoms with E-state index < -0.39 is 0 Å². The second-order valence-electron chi connectivity index (χ2n) is 6.30. The number of nitrogens with zero attached hydrogens (tertiary/aromatic N) is 1. The van der Waals surface area contributed by atoms with Crippen molar-refractivity contribution in [1.82, 2.24) is 10.2 Å². The highest BCUT2D eigenvalue weighted by Crippen LogP contribution is 2.23. The molecule has 0 saturated carbocycles. The minimum atomic E-state index is 0.426. The van der Waals surface area contributed by atoms with Gasteiger partial charge in [0, 0.05) is 19.1 Å². The van der Waals surface area contributed by atoms with Gasteiger partial charge < -0.3 is 10.1 Å². The number of ether oxygens (including phenoxy) is 1. The third-order valence-corrected chi connectivity index (χ3v) is 4.38. The number of hydrogen-bond acceptors (Lipinski definition) is 3. The summed E-state index contributed by atoms with van der Waals surface area (Å²) >= 11 is 0. The number of rotatable bonds is 6. The molecule has 0 aromatic heterocycles. The normalized spacial score (nSPS) is 17.9. The van der Waals surface area contributed by atoms with Gasteiger partial charge in [0.2, 0.25) is 0 Å². The number of nitrogens with one attached hydrogen (secondary N) is 1. The van der Waals surface area contributed by atoms with E-state index in [9.17, 15) is 0 Å². The first-order chi connectivity index (χ1) is 10.1. The lowest BCUT2D eigenvalue weighted by Gasteiger charge is -2.27. The van der Waals surface area contributed by atoms with Crippen LogP contribution in [0.4, 0.5) is 0 Å². The Morgan fingerprint density at radius 2 is 1.76 bits per heavy atom. The van der Waals surface area contributed by atoms with E-state index in [1.54, 1.807) is 0 Å². The largest absolute Gasteiger partial charge is 0.379 e. The highest BCUT2D eigenvalue weighted by atomic mass is 16.5. The maximum Gasteiger partial charge on any atom is 0.0594 e. The fraction of sp³-hybridized carbons (Fsp3) is 0.667. The minimum absolute atomic E-state index is 0.426. The lowest BCUT2D eigenvalue weighted by atomic mass is 9.95. The molecule has 0 aliphatic carbocycles. The van der Waals surface area contributed by atoms with Crippen LogP contribution in [0, 0.1) is 20.8 Å². The molecule has 1 aromatic rings. The van der Waals surface area contributed by atoms with Gasteiger partial charge in [-0.2, -0.15) is 0 Å². The average Bonchev–Trinajstić information content (AvgIpc) is 2.43. The molecular weight excluding hydrogens is 260 g/mol. The molecule has 1 aromatic carbocycles. The Morgan fingerprint density at radius 1 is 1.14 bits per heavy atom. The molecule has 21 heavy (non-hydrogen) atoms. The van der Waals surface area contributed by atoms with E-state index in [-0.39, 0.29) is 0 Å². The SMILES string of the molecule is Cc1cc(C)c(C(C)NCCCN2CCOCC2)c(C)c1. The van der Waals surface area contributed by atoms with Gasteiger partial charge in [0.05, 0.1) is 13.2 Å². The van der Waals surface area contributed by atoms with Crippen LogP contribution in [0.25, 0.3) is 0 Å². The molecule has 1 aliphatic heterocycles. The Labute approximate surface area is 129 Å². The van der Waals surface area contributed by atoms with Crippen molar-refractivity contribution in [1.29, 1.82) is 0 Å². The van der Waals surface area contributed by atoms with Crippen LogP contribution in [-0.4, -0.2) is 44.3 Å². The molecule has 3 nitrogen and oxygen atoms in total. The smallest absolute Gasteiger partial charge is 0.0594 e. The van der Waals surface area contributed by atoms with Gasteiger partial charge in [-0.25, -0.2) is 0 Å². The summed E-state index contributed by atoms with van der Waals surface area (Å²) in [5.74, 6) is 0. The number of morpholine rings is 1. The molecule has 0 spiro atoms. The zero-order valence-corrected chi connectivity index (χ0v) is 14.0. The van der Waals surface area contributed by atoms with Gasteiger partial charge in [0.15, 0.2) is 0 Å². The summed E-state index contributed by atoms with van der Waals surface area (Å²) in [6, 6.07) is 5.00. The topological polar surface area (TPSA) is 24.5 Å². The van der Waals surface area contributed by atoms with Crippen LogP contribution in [0.3, 0.4) is 0 Å². The molecule has 0 radical (unpaired) electrons. The average molecular weight is 290 g/mol. The lowest BCUT2D eigenvalue weighted by Crippen LogP contribution is -2.37.